The van der Waals surface area contributed by atoms with Crippen LogP contribution in [0.1, 0.15) is 29.3 Å². The molecule has 1 aromatic heterocycles. The Hall–Kier alpha value is -2.17. The maximum absolute atomic E-state index is 10.4. The van der Waals surface area contributed by atoms with E-state index in [-0.39, 0.29) is 12.8 Å². The molecule has 1 aromatic carbocycles. The molecule has 0 atom stereocenters. The lowest BCUT2D eigenvalue weighted by atomic mass is 10.1. The molecule has 0 aliphatic heterocycles. The largest absolute Gasteiger partial charge is 0.481 e. The molecule has 100 valence electrons. The number of carbonyl (C=O) groups is 1. The third kappa shape index (κ3) is 4.21. The highest BCUT2D eigenvalue weighted by atomic mass is 16.4. The van der Waals surface area contributed by atoms with E-state index in [1.54, 1.807) is 0 Å². The number of hydrogen-bond acceptors (Lipinski definition) is 4. The van der Waals surface area contributed by atoms with E-state index in [1.165, 1.54) is 11.1 Å². The van der Waals surface area contributed by atoms with Gasteiger partial charge in [-0.05, 0) is 18.9 Å². The molecule has 0 spiro atoms. The zero-order valence-electron chi connectivity index (χ0n) is 10.8. The summed E-state index contributed by atoms with van der Waals surface area (Å²) in [6.45, 7) is 2.06. The van der Waals surface area contributed by atoms with Gasteiger partial charge in [-0.25, -0.2) is 0 Å². The van der Waals surface area contributed by atoms with Gasteiger partial charge < -0.3 is 9.52 Å². The summed E-state index contributed by atoms with van der Waals surface area (Å²) in [5, 5.41) is 16.3. The first-order valence-electron chi connectivity index (χ1n) is 6.22. The average Bonchev–Trinajstić information content (AvgIpc) is 2.82. The zero-order valence-corrected chi connectivity index (χ0v) is 10.8. The lowest BCUT2D eigenvalue weighted by molar-refractivity contribution is -0.137. The Balaban J connectivity index is 1.88. The van der Waals surface area contributed by atoms with E-state index in [4.69, 9.17) is 9.52 Å². The van der Waals surface area contributed by atoms with E-state index in [0.717, 1.165) is 6.42 Å². The molecular formula is C14H16N2O3. The van der Waals surface area contributed by atoms with Crippen LogP contribution in [0.4, 0.5) is 0 Å². The van der Waals surface area contributed by atoms with Gasteiger partial charge in [0.1, 0.15) is 0 Å². The molecule has 0 fully saturated rings. The van der Waals surface area contributed by atoms with Crippen LogP contribution >= 0.6 is 0 Å². The molecule has 19 heavy (non-hydrogen) atoms. The predicted molar refractivity (Wildman–Crippen MR) is 68.8 cm³/mol. The maximum atomic E-state index is 10.4. The number of aryl methyl sites for hydroxylation is 4. The lowest BCUT2D eigenvalue weighted by Gasteiger charge is -1.99. The van der Waals surface area contributed by atoms with Gasteiger partial charge >= 0.3 is 5.97 Å². The van der Waals surface area contributed by atoms with Gasteiger partial charge in [-0.3, -0.25) is 4.79 Å². The average molecular weight is 260 g/mol. The summed E-state index contributed by atoms with van der Waals surface area (Å²) in [6, 6.07) is 8.27. The van der Waals surface area contributed by atoms with Crippen molar-refractivity contribution in [2.24, 2.45) is 0 Å². The van der Waals surface area contributed by atoms with Gasteiger partial charge in [-0.15, -0.1) is 10.2 Å². The summed E-state index contributed by atoms with van der Waals surface area (Å²) >= 11 is 0. The Morgan fingerprint density at radius 2 is 1.95 bits per heavy atom. The van der Waals surface area contributed by atoms with Crippen molar-refractivity contribution >= 4 is 5.97 Å². The highest BCUT2D eigenvalue weighted by Gasteiger charge is 2.08. The molecule has 5 nitrogen and oxygen atoms in total. The van der Waals surface area contributed by atoms with Crippen LogP contribution in [0.2, 0.25) is 0 Å². The van der Waals surface area contributed by atoms with Crippen molar-refractivity contribution in [1.29, 1.82) is 0 Å². The highest BCUT2D eigenvalue weighted by Crippen LogP contribution is 2.09. The van der Waals surface area contributed by atoms with Crippen LogP contribution in [-0.2, 0) is 24.1 Å². The second-order valence-electron chi connectivity index (χ2n) is 4.47. The van der Waals surface area contributed by atoms with Crippen molar-refractivity contribution in [3.8, 4) is 0 Å². The van der Waals surface area contributed by atoms with E-state index in [1.807, 2.05) is 6.07 Å². The number of carboxylic acids is 1. The summed E-state index contributed by atoms with van der Waals surface area (Å²) in [6.07, 6.45) is 1.80. The Bertz CT molecular complexity index is 563. The minimum Gasteiger partial charge on any atom is -0.481 e. The van der Waals surface area contributed by atoms with Crippen LogP contribution in [0, 0.1) is 6.92 Å². The SMILES string of the molecule is Cc1cccc(CCc2nnc(CCC(=O)O)o2)c1. The van der Waals surface area contributed by atoms with Crippen LogP contribution < -0.4 is 0 Å². The molecule has 0 unspecified atom stereocenters. The number of hydrogen-bond donors (Lipinski definition) is 1. The summed E-state index contributed by atoms with van der Waals surface area (Å²) in [4.78, 5) is 10.4. The summed E-state index contributed by atoms with van der Waals surface area (Å²) in [7, 11) is 0. The highest BCUT2D eigenvalue weighted by molar-refractivity contribution is 5.66. The number of rotatable bonds is 6. The Labute approximate surface area is 111 Å². The van der Waals surface area contributed by atoms with Crippen molar-refractivity contribution in [3.63, 3.8) is 0 Å². The van der Waals surface area contributed by atoms with Gasteiger partial charge in [0.2, 0.25) is 11.8 Å². The summed E-state index contributed by atoms with van der Waals surface area (Å²) < 4.78 is 5.40. The van der Waals surface area contributed by atoms with Crippen molar-refractivity contribution in [3.05, 3.63) is 47.2 Å². The molecule has 0 amide bonds. The molecule has 0 saturated heterocycles. The fourth-order valence-electron chi connectivity index (χ4n) is 1.82. The van der Waals surface area contributed by atoms with Gasteiger partial charge in [0.05, 0.1) is 6.42 Å². The molecule has 2 rings (SSSR count). The van der Waals surface area contributed by atoms with Crippen LogP contribution in [0.15, 0.2) is 28.7 Å². The van der Waals surface area contributed by atoms with Gasteiger partial charge in [-0.2, -0.15) is 0 Å². The zero-order chi connectivity index (χ0) is 13.7. The quantitative estimate of drug-likeness (QED) is 0.861. The molecular weight excluding hydrogens is 244 g/mol. The molecule has 1 heterocycles. The fraction of sp³-hybridized carbons (Fsp3) is 0.357. The molecule has 2 aromatic rings. The number of nitrogens with zero attached hydrogens (tertiary/aromatic N) is 2. The molecule has 5 heteroatoms. The first-order valence-corrected chi connectivity index (χ1v) is 6.22. The normalized spacial score (nSPS) is 10.6. The molecule has 0 aliphatic rings. The minimum absolute atomic E-state index is 0.0134. The third-order valence-corrected chi connectivity index (χ3v) is 2.77. The smallest absolute Gasteiger partial charge is 0.303 e. The van der Waals surface area contributed by atoms with Crippen molar-refractivity contribution in [2.75, 3.05) is 0 Å². The first kappa shape index (κ1) is 13.3. The number of aliphatic carboxylic acids is 1. The number of benzene rings is 1. The molecule has 0 radical (unpaired) electrons. The third-order valence-electron chi connectivity index (χ3n) is 2.77. The van der Waals surface area contributed by atoms with E-state index in [0.29, 0.717) is 18.2 Å². The van der Waals surface area contributed by atoms with Crippen LogP contribution in [-0.4, -0.2) is 21.3 Å². The Morgan fingerprint density at radius 3 is 2.63 bits per heavy atom. The number of carboxylic acid groups (broad SMARTS) is 1. The Morgan fingerprint density at radius 1 is 1.21 bits per heavy atom. The second kappa shape index (κ2) is 6.13. The van der Waals surface area contributed by atoms with Crippen LogP contribution in [0.25, 0.3) is 0 Å². The molecule has 1 N–H and O–H groups in total. The number of aromatic nitrogens is 2. The standard InChI is InChI=1S/C14H16N2O3/c1-10-3-2-4-11(9-10)5-6-12-15-16-13(19-12)7-8-14(17)18/h2-4,9H,5-8H2,1H3,(H,17,18). The van der Waals surface area contributed by atoms with E-state index >= 15 is 0 Å². The molecule has 0 bridgehead atoms. The lowest BCUT2D eigenvalue weighted by Crippen LogP contribution is -1.97. The molecule has 0 aliphatic carbocycles. The van der Waals surface area contributed by atoms with Crippen molar-refractivity contribution in [2.45, 2.75) is 32.6 Å². The van der Waals surface area contributed by atoms with Crippen molar-refractivity contribution in [1.82, 2.24) is 10.2 Å². The fourth-order valence-corrected chi connectivity index (χ4v) is 1.82. The van der Waals surface area contributed by atoms with E-state index in [2.05, 4.69) is 35.3 Å². The Kier molecular flexibility index (Phi) is 4.28. The van der Waals surface area contributed by atoms with Crippen LogP contribution in [0.5, 0.6) is 0 Å². The summed E-state index contributed by atoms with van der Waals surface area (Å²) in [5.74, 6) is 0.0862. The van der Waals surface area contributed by atoms with E-state index in [9.17, 15) is 4.79 Å². The predicted octanol–water partition coefficient (Wildman–Crippen LogP) is 2.18. The maximum Gasteiger partial charge on any atom is 0.303 e. The minimum atomic E-state index is -0.862. The van der Waals surface area contributed by atoms with E-state index < -0.39 is 5.97 Å². The van der Waals surface area contributed by atoms with Crippen molar-refractivity contribution < 1.29 is 14.3 Å². The first-order chi connectivity index (χ1) is 9.13. The summed E-state index contributed by atoms with van der Waals surface area (Å²) in [5.41, 5.74) is 2.45. The topological polar surface area (TPSA) is 76.2 Å². The second-order valence-corrected chi connectivity index (χ2v) is 4.47. The molecule has 0 saturated carbocycles. The van der Waals surface area contributed by atoms with Gasteiger partial charge in [0.15, 0.2) is 0 Å². The van der Waals surface area contributed by atoms with Gasteiger partial charge in [-0.1, -0.05) is 29.8 Å². The monoisotopic (exact) mass is 260 g/mol. The van der Waals surface area contributed by atoms with Crippen LogP contribution in [0.3, 0.4) is 0 Å². The van der Waals surface area contributed by atoms with Gasteiger partial charge in [0, 0.05) is 12.8 Å². The van der Waals surface area contributed by atoms with Gasteiger partial charge in [0.25, 0.3) is 0 Å².